The third-order valence-corrected chi connectivity index (χ3v) is 11.9. The van der Waals surface area contributed by atoms with Crippen molar-refractivity contribution in [3.8, 4) is 0 Å². The summed E-state index contributed by atoms with van der Waals surface area (Å²) >= 11 is 0. The molecule has 4 unspecified atom stereocenters. The molecule has 0 heterocycles. The van der Waals surface area contributed by atoms with Crippen LogP contribution in [0.2, 0.25) is 0 Å². The SMILES string of the molecule is CC(C)(C)C(C)(F)F.CC(C)(C)C(F)(F)C(F)(F)F.CC(C)(C)C(F)(F)C(F)F.CC(C)(C)C(F)(F)CF.CC(C)(C)C(F)C(F)(F)F.CC(C)(C)C(F)C(F)F.CC(C)(C)C(F)CF.CC(C)(C)CC(F)(F)F.CC(C)(C)CC(F)F.CC(C)(C)CCF.CC(F)C(C)(C)C. The van der Waals surface area contributed by atoms with Crippen molar-refractivity contribution >= 4 is 0 Å². The van der Waals surface area contributed by atoms with Gasteiger partial charge in [-0.05, 0) is 52.8 Å². The average Bonchev–Trinajstić information content (AvgIpc) is 0.808. The van der Waals surface area contributed by atoms with Crippen molar-refractivity contribution in [1.29, 1.82) is 0 Å². The van der Waals surface area contributed by atoms with Gasteiger partial charge in [0.2, 0.25) is 12.3 Å². The van der Waals surface area contributed by atoms with E-state index in [2.05, 4.69) is 0 Å². The topological polar surface area (TPSA) is 0 Å². The van der Waals surface area contributed by atoms with Crippen molar-refractivity contribution in [2.45, 2.75) is 348 Å². The summed E-state index contributed by atoms with van der Waals surface area (Å²) in [5.41, 5.74) is -9.58. The fourth-order valence-electron chi connectivity index (χ4n) is 3.40. The molecule has 598 valence electrons. The summed E-state index contributed by atoms with van der Waals surface area (Å²) in [6.45, 7) is 49.1. The normalized spacial score (nSPS) is 14.9. The van der Waals surface area contributed by atoms with Crippen LogP contribution in [0.15, 0.2) is 0 Å². The van der Waals surface area contributed by atoms with Crippen LogP contribution in [-0.2, 0) is 0 Å². The maximum atomic E-state index is 12.3. The van der Waals surface area contributed by atoms with Crippen molar-refractivity contribution < 1.29 is 132 Å². The summed E-state index contributed by atoms with van der Waals surface area (Å²) in [5.74, 6) is -14.3. The Kier molecular flexibility index (Phi) is 54.6. The molecule has 0 nitrogen and oxygen atoms in total. The molecule has 96 heavy (non-hydrogen) atoms. The minimum atomic E-state index is -5.45. The minimum absolute atomic E-state index is 0.00694. The first-order valence-electron chi connectivity index (χ1n) is 30.2. The van der Waals surface area contributed by atoms with Crippen molar-refractivity contribution in [1.82, 2.24) is 0 Å². The number of alkyl halides is 30. The van der Waals surface area contributed by atoms with Gasteiger partial charge in [0, 0.05) is 39.9 Å². The Hall–Kier alpha value is -2.10. The minimum Gasteiger partial charge on any atom is -0.251 e. The maximum absolute atomic E-state index is 12.3. The lowest BCUT2D eigenvalue weighted by atomic mass is 9.88. The number of hydrogen-bond donors (Lipinski definition) is 0. The second-order valence-corrected chi connectivity index (χ2v) is 34.6. The lowest BCUT2D eigenvalue weighted by Gasteiger charge is -2.31. The molecule has 0 saturated heterocycles. The van der Waals surface area contributed by atoms with Crippen LogP contribution in [0.5, 0.6) is 0 Å². The third-order valence-electron chi connectivity index (χ3n) is 11.9. The van der Waals surface area contributed by atoms with E-state index in [4.69, 9.17) is 0 Å². The molecule has 0 aliphatic heterocycles. The molecule has 0 amide bonds. The van der Waals surface area contributed by atoms with E-state index in [9.17, 15) is 132 Å². The second-order valence-electron chi connectivity index (χ2n) is 34.6. The van der Waals surface area contributed by atoms with Crippen molar-refractivity contribution in [2.24, 2.45) is 59.6 Å². The molecular formula is C66H124F30. The van der Waals surface area contributed by atoms with Gasteiger partial charge in [-0.2, -0.15) is 57.1 Å². The van der Waals surface area contributed by atoms with E-state index in [1.54, 1.807) is 69.2 Å². The van der Waals surface area contributed by atoms with Crippen molar-refractivity contribution in [3.63, 3.8) is 0 Å². The molecule has 0 aliphatic rings. The monoisotopic (exact) mass is 1490 g/mol. The Labute approximate surface area is 557 Å². The molecule has 30 heteroatoms. The quantitative estimate of drug-likeness (QED) is 0.233. The molecule has 0 aromatic carbocycles. The summed E-state index contributed by atoms with van der Waals surface area (Å²) in [6, 6.07) is 0. The van der Waals surface area contributed by atoms with Gasteiger partial charge in [0.25, 0.3) is 12.3 Å². The predicted octanol–water partition coefficient (Wildman–Crippen LogP) is 29.9. The summed E-state index contributed by atoms with van der Waals surface area (Å²) in [7, 11) is 0. The van der Waals surface area contributed by atoms with Crippen LogP contribution in [0.25, 0.3) is 0 Å². The Balaban J connectivity index is -0.0000000922. The highest BCUT2D eigenvalue weighted by Gasteiger charge is 2.64. The van der Waals surface area contributed by atoms with E-state index in [1.165, 1.54) is 83.1 Å². The number of hydrogen-bond acceptors (Lipinski definition) is 0. The first kappa shape index (κ1) is 118. The van der Waals surface area contributed by atoms with E-state index in [-0.39, 0.29) is 29.3 Å². The van der Waals surface area contributed by atoms with Gasteiger partial charge in [-0.3, -0.25) is 4.39 Å². The standard InChI is InChI=1S/C6H9F5.2C6H10F4.3C6H11F3.3C6H12F2.2C6H13F/c1-4(2,3)5(7,8)6(9,10)11;1-5(2,3)6(9,10)4(7)8;1-5(2,3)4(7)6(8,9)10;1-6(2,3)4(7)5(8)9;1-5(2,3)6(8,9)4-7;1-5(2,3)4-6(7,8)9;1-6(2,3)5(8)4-7;1-6(2,3)4-5(7)8;1-5(2,3)6(4,7)8;1-6(2,3)4-5-7;1-5(7)6(2,3)4/h1-3H3;2*4H,1-3H3;4-5H,1-3H3;2*4H2,1-3H3;2*5H,4H2,1-3H3;1-4H3;4-5H2,1-3H3;5H,1-4H3. The van der Waals surface area contributed by atoms with Crippen LogP contribution in [0.1, 0.15) is 262 Å². The Morgan fingerprint density at radius 3 is 0.646 bits per heavy atom. The molecule has 4 atom stereocenters. The summed E-state index contributed by atoms with van der Waals surface area (Å²) < 4.78 is 355. The van der Waals surface area contributed by atoms with Crippen LogP contribution in [0.3, 0.4) is 0 Å². The maximum Gasteiger partial charge on any atom is 0.453 e. The summed E-state index contributed by atoms with van der Waals surface area (Å²) in [4.78, 5) is 0. The van der Waals surface area contributed by atoms with Gasteiger partial charge in [-0.25, -0.2) is 70.2 Å². The zero-order chi connectivity index (χ0) is 82.3. The zero-order valence-corrected chi connectivity index (χ0v) is 63.6. The molecule has 0 spiro atoms. The fraction of sp³-hybridized carbons (Fsp3) is 1.00. The molecular weight excluding hydrogens is 1360 g/mol. The largest absolute Gasteiger partial charge is 0.453 e. The molecule has 0 aliphatic carbocycles. The highest BCUT2D eigenvalue weighted by molar-refractivity contribution is 4.88. The van der Waals surface area contributed by atoms with E-state index >= 15 is 0 Å². The van der Waals surface area contributed by atoms with E-state index in [0.717, 1.165) is 48.5 Å². The smallest absolute Gasteiger partial charge is 0.251 e. The van der Waals surface area contributed by atoms with Crippen molar-refractivity contribution in [3.05, 3.63) is 0 Å². The molecule has 0 rings (SSSR count). The highest BCUT2D eigenvalue weighted by atomic mass is 19.4. The van der Waals surface area contributed by atoms with Gasteiger partial charge < -0.3 is 0 Å². The van der Waals surface area contributed by atoms with Gasteiger partial charge in [-0.15, -0.1) is 0 Å². The highest BCUT2D eigenvalue weighted by Crippen LogP contribution is 2.48. The zero-order valence-electron chi connectivity index (χ0n) is 63.6. The molecule has 0 bridgehead atoms. The average molecular weight is 1490 g/mol. The molecule has 0 saturated carbocycles. The Morgan fingerprint density at radius 2 is 0.646 bits per heavy atom. The fourth-order valence-corrected chi connectivity index (χ4v) is 3.40. The number of rotatable bonds is 6. The van der Waals surface area contributed by atoms with E-state index < -0.39 is 149 Å². The van der Waals surface area contributed by atoms with Crippen LogP contribution >= 0.6 is 0 Å². The van der Waals surface area contributed by atoms with E-state index in [1.807, 2.05) is 41.5 Å². The summed E-state index contributed by atoms with van der Waals surface area (Å²) in [6.07, 6.45) is -29.6. The Morgan fingerprint density at radius 1 is 0.344 bits per heavy atom. The lowest BCUT2D eigenvalue weighted by Crippen LogP contribution is -2.47. The molecule has 0 aromatic heterocycles. The van der Waals surface area contributed by atoms with Crippen LogP contribution in [-0.4, -0.2) is 106 Å². The van der Waals surface area contributed by atoms with Gasteiger partial charge in [0.15, 0.2) is 19.0 Å². The first-order chi connectivity index (χ1) is 40.4. The molecule has 0 aromatic rings. The molecule has 0 fully saturated rings. The molecule has 0 radical (unpaired) electrons. The Bertz CT molecular complexity index is 1780. The second kappa shape index (κ2) is 44.4. The van der Waals surface area contributed by atoms with Gasteiger partial charge in [0.05, 0.1) is 6.67 Å². The van der Waals surface area contributed by atoms with E-state index in [0.29, 0.717) is 6.42 Å². The van der Waals surface area contributed by atoms with Crippen LogP contribution in [0, 0.1) is 59.6 Å². The van der Waals surface area contributed by atoms with Gasteiger partial charge >= 0.3 is 36.8 Å². The van der Waals surface area contributed by atoms with Crippen LogP contribution < -0.4 is 0 Å². The summed E-state index contributed by atoms with van der Waals surface area (Å²) in [5, 5.41) is 0. The number of halogens is 30. The third kappa shape index (κ3) is 71.7. The lowest BCUT2D eigenvalue weighted by molar-refractivity contribution is -0.317. The molecule has 0 N–H and O–H groups in total. The predicted molar refractivity (Wildman–Crippen MR) is 333 cm³/mol. The van der Waals surface area contributed by atoms with Gasteiger partial charge in [0.1, 0.15) is 19.0 Å². The van der Waals surface area contributed by atoms with Crippen molar-refractivity contribution in [2.75, 3.05) is 20.0 Å². The van der Waals surface area contributed by atoms with Crippen LogP contribution in [0.4, 0.5) is 132 Å². The van der Waals surface area contributed by atoms with Gasteiger partial charge in [-0.1, -0.05) is 228 Å². The first-order valence-corrected chi connectivity index (χ1v) is 30.2.